The molecule has 0 unspecified atom stereocenters. The van der Waals surface area contributed by atoms with Crippen LogP contribution in [0, 0.1) is 11.2 Å². The summed E-state index contributed by atoms with van der Waals surface area (Å²) in [6, 6.07) is 6.65. The number of benzene rings is 1. The third-order valence-corrected chi connectivity index (χ3v) is 3.01. The summed E-state index contributed by atoms with van der Waals surface area (Å²) in [5.41, 5.74) is 5.81. The van der Waals surface area contributed by atoms with Crippen LogP contribution in [-0.2, 0) is 11.2 Å². The predicted octanol–water partition coefficient (Wildman–Crippen LogP) is 1.86. The number of rotatable bonds is 6. The zero-order valence-corrected chi connectivity index (χ0v) is 11.2. The van der Waals surface area contributed by atoms with Crippen LogP contribution in [0.3, 0.4) is 0 Å². The van der Waals surface area contributed by atoms with Gasteiger partial charge in [-0.15, -0.1) is 0 Å². The Balaban J connectivity index is 2.45. The molecule has 0 aromatic heterocycles. The Morgan fingerprint density at radius 3 is 2.44 bits per heavy atom. The quantitative estimate of drug-likeness (QED) is 0.812. The average molecular weight is 252 g/mol. The largest absolute Gasteiger partial charge is 0.369 e. The number of carbonyl (C=O) groups excluding carboxylic acids is 1. The number of nitrogens with one attached hydrogen (secondary N) is 1. The van der Waals surface area contributed by atoms with Gasteiger partial charge in [-0.1, -0.05) is 12.1 Å². The Labute approximate surface area is 108 Å². The van der Waals surface area contributed by atoms with E-state index in [1.807, 2.05) is 20.8 Å². The molecule has 1 aromatic rings. The van der Waals surface area contributed by atoms with Crippen molar-refractivity contribution in [3.8, 4) is 0 Å². The van der Waals surface area contributed by atoms with Crippen LogP contribution in [0.1, 0.15) is 26.3 Å². The summed E-state index contributed by atoms with van der Waals surface area (Å²) in [6.45, 7) is 6.19. The fraction of sp³-hybridized carbons (Fsp3) is 0.500. The predicted molar refractivity (Wildman–Crippen MR) is 70.5 cm³/mol. The average Bonchev–Trinajstić information content (AvgIpc) is 2.29. The highest BCUT2D eigenvalue weighted by atomic mass is 19.1. The van der Waals surface area contributed by atoms with E-state index >= 15 is 0 Å². The van der Waals surface area contributed by atoms with E-state index in [1.165, 1.54) is 12.1 Å². The second-order valence-corrected chi connectivity index (χ2v) is 5.36. The minimum absolute atomic E-state index is 0.203. The molecule has 0 fully saturated rings. The smallest absolute Gasteiger partial charge is 0.224 e. The molecule has 0 saturated carbocycles. The van der Waals surface area contributed by atoms with Crippen molar-refractivity contribution in [1.29, 1.82) is 0 Å². The SMILES string of the molecule is C[C@@H](Cc1ccc(F)cc1)NCC(C)(C)C(N)=O. The second kappa shape index (κ2) is 5.96. The third-order valence-electron chi connectivity index (χ3n) is 3.01. The molecule has 1 amide bonds. The molecular formula is C14H21FN2O. The molecule has 1 atom stereocenters. The zero-order chi connectivity index (χ0) is 13.8. The van der Waals surface area contributed by atoms with Crippen molar-refractivity contribution in [1.82, 2.24) is 5.32 Å². The van der Waals surface area contributed by atoms with E-state index in [2.05, 4.69) is 5.32 Å². The van der Waals surface area contributed by atoms with Crippen LogP contribution in [0.5, 0.6) is 0 Å². The number of primary amides is 1. The first-order valence-corrected chi connectivity index (χ1v) is 6.09. The first kappa shape index (κ1) is 14.6. The van der Waals surface area contributed by atoms with Gasteiger partial charge in [-0.05, 0) is 44.9 Å². The van der Waals surface area contributed by atoms with E-state index in [4.69, 9.17) is 5.73 Å². The zero-order valence-electron chi connectivity index (χ0n) is 11.2. The Bertz CT molecular complexity index is 401. The van der Waals surface area contributed by atoms with Crippen molar-refractivity contribution >= 4 is 5.91 Å². The van der Waals surface area contributed by atoms with Gasteiger partial charge in [0.15, 0.2) is 0 Å². The van der Waals surface area contributed by atoms with Crippen molar-refractivity contribution in [2.24, 2.45) is 11.1 Å². The topological polar surface area (TPSA) is 55.1 Å². The van der Waals surface area contributed by atoms with Gasteiger partial charge in [0.25, 0.3) is 0 Å². The molecule has 4 heteroatoms. The molecule has 3 N–H and O–H groups in total. The van der Waals surface area contributed by atoms with Crippen LogP contribution in [0.4, 0.5) is 4.39 Å². The lowest BCUT2D eigenvalue weighted by Crippen LogP contribution is -2.43. The first-order valence-electron chi connectivity index (χ1n) is 6.09. The Morgan fingerprint density at radius 2 is 1.94 bits per heavy atom. The highest BCUT2D eigenvalue weighted by molar-refractivity contribution is 5.80. The van der Waals surface area contributed by atoms with Gasteiger partial charge in [-0.3, -0.25) is 4.79 Å². The summed E-state index contributed by atoms with van der Waals surface area (Å²) >= 11 is 0. The summed E-state index contributed by atoms with van der Waals surface area (Å²) < 4.78 is 12.8. The maximum absolute atomic E-state index is 12.8. The monoisotopic (exact) mass is 252 g/mol. The normalized spacial score (nSPS) is 13.3. The van der Waals surface area contributed by atoms with Crippen molar-refractivity contribution in [2.75, 3.05) is 6.54 Å². The van der Waals surface area contributed by atoms with Crippen LogP contribution < -0.4 is 11.1 Å². The number of halogens is 1. The van der Waals surface area contributed by atoms with Gasteiger partial charge in [0, 0.05) is 12.6 Å². The molecule has 3 nitrogen and oxygen atoms in total. The third kappa shape index (κ3) is 4.45. The van der Waals surface area contributed by atoms with Gasteiger partial charge < -0.3 is 11.1 Å². The van der Waals surface area contributed by atoms with Crippen LogP contribution in [0.2, 0.25) is 0 Å². The Kier molecular flexibility index (Phi) is 4.84. The summed E-state index contributed by atoms with van der Waals surface area (Å²) in [6.07, 6.45) is 0.787. The van der Waals surface area contributed by atoms with Gasteiger partial charge >= 0.3 is 0 Å². The molecule has 0 saturated heterocycles. The van der Waals surface area contributed by atoms with Crippen molar-refractivity contribution in [3.05, 3.63) is 35.6 Å². The fourth-order valence-corrected chi connectivity index (χ4v) is 1.56. The maximum Gasteiger partial charge on any atom is 0.224 e. The van der Waals surface area contributed by atoms with Crippen LogP contribution in [-0.4, -0.2) is 18.5 Å². The minimum Gasteiger partial charge on any atom is -0.369 e. The molecular weight excluding hydrogens is 231 g/mol. The summed E-state index contributed by atoms with van der Waals surface area (Å²) in [7, 11) is 0. The molecule has 0 spiro atoms. The molecule has 0 aliphatic rings. The molecule has 0 heterocycles. The molecule has 0 aliphatic carbocycles. The van der Waals surface area contributed by atoms with Crippen LogP contribution in [0.25, 0.3) is 0 Å². The fourth-order valence-electron chi connectivity index (χ4n) is 1.56. The maximum atomic E-state index is 12.8. The molecule has 0 aliphatic heterocycles. The van der Waals surface area contributed by atoms with Crippen LogP contribution >= 0.6 is 0 Å². The van der Waals surface area contributed by atoms with Crippen molar-refractivity contribution in [3.63, 3.8) is 0 Å². The van der Waals surface area contributed by atoms with Crippen LogP contribution in [0.15, 0.2) is 24.3 Å². The number of nitrogens with two attached hydrogens (primary N) is 1. The van der Waals surface area contributed by atoms with E-state index in [9.17, 15) is 9.18 Å². The van der Waals surface area contributed by atoms with Gasteiger partial charge in [0.05, 0.1) is 5.41 Å². The molecule has 100 valence electrons. The standard InChI is InChI=1S/C14H21FN2O/c1-10(17-9-14(2,3)13(16)18)8-11-4-6-12(15)7-5-11/h4-7,10,17H,8-9H2,1-3H3,(H2,16,18)/t10-/m0/s1. The van der Waals surface area contributed by atoms with Gasteiger partial charge in [0.1, 0.15) is 5.82 Å². The van der Waals surface area contributed by atoms with E-state index < -0.39 is 5.41 Å². The molecule has 1 rings (SSSR count). The van der Waals surface area contributed by atoms with Crippen molar-refractivity contribution in [2.45, 2.75) is 33.2 Å². The lowest BCUT2D eigenvalue weighted by Gasteiger charge is -2.24. The molecule has 0 radical (unpaired) electrons. The molecule has 18 heavy (non-hydrogen) atoms. The number of hydrogen-bond acceptors (Lipinski definition) is 2. The molecule has 0 bridgehead atoms. The summed E-state index contributed by atoms with van der Waals surface area (Å²) in [4.78, 5) is 11.2. The van der Waals surface area contributed by atoms with E-state index in [0.29, 0.717) is 6.54 Å². The van der Waals surface area contributed by atoms with Gasteiger partial charge in [0.2, 0.25) is 5.91 Å². The number of amides is 1. The summed E-state index contributed by atoms with van der Waals surface area (Å²) in [5.74, 6) is -0.543. The Hall–Kier alpha value is -1.42. The molecule has 1 aromatic carbocycles. The van der Waals surface area contributed by atoms with Gasteiger partial charge in [-0.2, -0.15) is 0 Å². The number of carbonyl (C=O) groups is 1. The van der Waals surface area contributed by atoms with Crippen molar-refractivity contribution < 1.29 is 9.18 Å². The summed E-state index contributed by atoms with van der Waals surface area (Å²) in [5, 5.41) is 3.27. The van der Waals surface area contributed by atoms with E-state index in [-0.39, 0.29) is 17.8 Å². The lowest BCUT2D eigenvalue weighted by atomic mass is 9.92. The second-order valence-electron chi connectivity index (χ2n) is 5.36. The number of hydrogen-bond donors (Lipinski definition) is 2. The lowest BCUT2D eigenvalue weighted by molar-refractivity contribution is -0.125. The highest BCUT2D eigenvalue weighted by Gasteiger charge is 2.24. The van der Waals surface area contributed by atoms with E-state index in [1.54, 1.807) is 12.1 Å². The van der Waals surface area contributed by atoms with Gasteiger partial charge in [-0.25, -0.2) is 4.39 Å². The highest BCUT2D eigenvalue weighted by Crippen LogP contribution is 2.13. The Morgan fingerprint density at radius 1 is 1.39 bits per heavy atom. The minimum atomic E-state index is -0.558. The first-order chi connectivity index (χ1) is 8.31. The van der Waals surface area contributed by atoms with E-state index in [0.717, 1.165) is 12.0 Å².